The van der Waals surface area contributed by atoms with Gasteiger partial charge >= 0.3 is 26.2 Å². The standard InChI is InChI=1S/C10H13NO.C6H7.C2H6Si.2ClH.Zr/c1-7(2)8-5-3-4-6-9(8)10(11)12;1-6-4-2-3-5-6;1-3-2;;;/h3-7H,1-2H3,(H2,11,12);4-5H,2H2,1H3;1-2H3;2*1H;/q;-1;;;;+4/p-3. The van der Waals surface area contributed by atoms with E-state index < -0.39 is 5.91 Å². The van der Waals surface area contributed by atoms with Crippen LogP contribution in [0, 0.1) is 6.08 Å². The maximum atomic E-state index is 10.8. The first-order valence-corrected chi connectivity index (χ1v) is 9.10. The van der Waals surface area contributed by atoms with Gasteiger partial charge in [0.05, 0.1) is 5.91 Å². The minimum absolute atomic E-state index is 0. The van der Waals surface area contributed by atoms with Gasteiger partial charge in [-0.2, -0.15) is 6.08 Å². The zero-order chi connectivity index (χ0) is 16.3. The zero-order valence-electron chi connectivity index (χ0n) is 14.9. The average molecular weight is 462 g/mol. The normalized spacial score (nSPS) is 10.5. The Kier molecular flexibility index (Phi) is 25.3. The molecule has 24 heavy (non-hydrogen) atoms. The van der Waals surface area contributed by atoms with E-state index in [1.807, 2.05) is 32.1 Å². The van der Waals surface area contributed by atoms with Crippen molar-refractivity contribution in [1.82, 2.24) is 0 Å². The number of hydrogen-bond acceptors (Lipinski definition) is 1. The molecule has 1 aliphatic carbocycles. The van der Waals surface area contributed by atoms with Gasteiger partial charge in [0.15, 0.2) is 0 Å². The number of halogens is 2. The number of allylic oxidation sites excluding steroid dienone is 4. The first-order valence-electron chi connectivity index (χ1n) is 7.10. The van der Waals surface area contributed by atoms with Crippen molar-refractivity contribution in [3.05, 3.63) is 64.9 Å². The summed E-state index contributed by atoms with van der Waals surface area (Å²) in [7, 11) is 1.08. The maximum Gasteiger partial charge on any atom is 4.00 e. The third kappa shape index (κ3) is 14.2. The van der Waals surface area contributed by atoms with E-state index in [2.05, 4.69) is 32.2 Å². The van der Waals surface area contributed by atoms with Crippen LogP contribution in [0.2, 0.25) is 13.1 Å². The van der Waals surface area contributed by atoms with Gasteiger partial charge in [-0.3, -0.25) is 6.08 Å². The Bertz CT molecular complexity index is 503. The molecule has 0 heterocycles. The van der Waals surface area contributed by atoms with Crippen LogP contribution in [0.3, 0.4) is 0 Å². The van der Waals surface area contributed by atoms with Crippen molar-refractivity contribution in [2.24, 2.45) is 0 Å². The molecule has 0 saturated carbocycles. The van der Waals surface area contributed by atoms with Crippen LogP contribution >= 0.6 is 0 Å². The molecule has 0 atom stereocenters. The Morgan fingerprint density at radius 1 is 1.21 bits per heavy atom. The molecule has 6 heteroatoms. The molecule has 1 N–H and O–H groups in total. The van der Waals surface area contributed by atoms with Crippen molar-refractivity contribution in [2.45, 2.75) is 46.2 Å². The number of hydrogen-bond donors (Lipinski definition) is 0. The number of amides is 1. The van der Waals surface area contributed by atoms with Gasteiger partial charge in [-0.1, -0.05) is 51.2 Å². The Labute approximate surface area is 181 Å². The molecular weight excluding hydrogens is 436 g/mol. The van der Waals surface area contributed by atoms with Crippen LogP contribution in [0.1, 0.15) is 49.0 Å². The molecule has 2 radical (unpaired) electrons. The van der Waals surface area contributed by atoms with Gasteiger partial charge in [-0.05, 0) is 11.5 Å². The summed E-state index contributed by atoms with van der Waals surface area (Å²) in [4.78, 5) is 10.8. The second-order valence-corrected chi connectivity index (χ2v) is 6.07. The number of carbonyl (C=O) groups excluding carboxylic acids is 1. The van der Waals surface area contributed by atoms with E-state index in [0.29, 0.717) is 11.5 Å². The second-order valence-electron chi connectivity index (χ2n) is 5.07. The van der Waals surface area contributed by atoms with Crippen LogP contribution in [0.15, 0.2) is 42.0 Å². The topological polar surface area (TPSA) is 40.9 Å². The largest absolute Gasteiger partial charge is 4.00 e. The Balaban J connectivity index is -0.000000143. The summed E-state index contributed by atoms with van der Waals surface area (Å²) in [5.41, 5.74) is 9.83. The van der Waals surface area contributed by atoms with E-state index in [1.165, 1.54) is 5.57 Å². The molecule has 0 bridgehead atoms. The van der Waals surface area contributed by atoms with Gasteiger partial charge in [0, 0.05) is 15.1 Å². The smallest absolute Gasteiger partial charge is 1.00 e. The van der Waals surface area contributed by atoms with E-state index in [1.54, 1.807) is 12.1 Å². The Hall–Kier alpha value is -0.150. The molecule has 130 valence electrons. The maximum absolute atomic E-state index is 10.8. The van der Waals surface area contributed by atoms with Crippen molar-refractivity contribution in [2.75, 3.05) is 0 Å². The fourth-order valence-corrected chi connectivity index (χ4v) is 1.71. The number of nitrogens with one attached hydrogen (secondary N) is 1. The number of carbonyl (C=O) groups is 1. The molecule has 1 aromatic rings. The molecule has 2 rings (SSSR count). The molecule has 0 spiro atoms. The summed E-state index contributed by atoms with van der Waals surface area (Å²) >= 11 is 0. The summed E-state index contributed by atoms with van der Waals surface area (Å²) in [6.07, 6.45) is 8.24. The second kappa shape index (κ2) is 19.2. The van der Waals surface area contributed by atoms with Gasteiger partial charge in [-0.15, -0.1) is 13.3 Å². The Morgan fingerprint density at radius 3 is 1.96 bits per heavy atom. The van der Waals surface area contributed by atoms with Crippen LogP contribution in [-0.4, -0.2) is 15.4 Å². The quantitative estimate of drug-likeness (QED) is 0.432. The predicted octanol–water partition coefficient (Wildman–Crippen LogP) is -0.510. The molecule has 0 saturated heterocycles. The van der Waals surface area contributed by atoms with E-state index in [0.717, 1.165) is 21.5 Å². The van der Waals surface area contributed by atoms with Crippen molar-refractivity contribution >= 4 is 15.4 Å². The summed E-state index contributed by atoms with van der Waals surface area (Å²) in [6.45, 7) is 10.4. The summed E-state index contributed by atoms with van der Waals surface area (Å²) in [5, 5.41) is 0. The average Bonchev–Trinajstić information content (AvgIpc) is 2.91. The molecule has 1 aliphatic rings. The number of benzene rings is 1. The molecule has 0 aliphatic heterocycles. The van der Waals surface area contributed by atoms with Gasteiger partial charge in [0.2, 0.25) is 0 Å². The fraction of sp³-hybridized carbons (Fsp3) is 0.389. The molecular formula is C18H25Cl2NOSiZr. The van der Waals surface area contributed by atoms with Gasteiger partial charge in [0.25, 0.3) is 0 Å². The fourth-order valence-electron chi connectivity index (χ4n) is 1.71. The van der Waals surface area contributed by atoms with Crippen molar-refractivity contribution in [3.8, 4) is 0 Å². The predicted molar refractivity (Wildman–Crippen MR) is 92.9 cm³/mol. The van der Waals surface area contributed by atoms with Crippen LogP contribution in [0.25, 0.3) is 5.73 Å². The van der Waals surface area contributed by atoms with E-state index in [4.69, 9.17) is 5.73 Å². The van der Waals surface area contributed by atoms with E-state index >= 15 is 0 Å². The van der Waals surface area contributed by atoms with Gasteiger partial charge in [-0.25, -0.2) is 11.6 Å². The van der Waals surface area contributed by atoms with Gasteiger partial charge < -0.3 is 35.3 Å². The third-order valence-electron chi connectivity index (χ3n) is 2.70. The molecule has 0 aromatic heterocycles. The molecule has 0 fully saturated rings. The first kappa shape index (κ1) is 31.6. The molecule has 1 aromatic carbocycles. The monoisotopic (exact) mass is 459 g/mol. The third-order valence-corrected chi connectivity index (χ3v) is 2.70. The summed E-state index contributed by atoms with van der Waals surface area (Å²) in [6, 6.07) is 7.27. The molecule has 0 unspecified atom stereocenters. The van der Waals surface area contributed by atoms with Crippen molar-refractivity contribution in [1.29, 1.82) is 0 Å². The minimum Gasteiger partial charge on any atom is -1.00 e. The SMILES string of the molecule is CC(C)c1ccccc1C([NH-])=O.CC1=CC[C-]=C1.C[Si]C.[Cl-].[Cl-].[Zr+4]. The van der Waals surface area contributed by atoms with Gasteiger partial charge in [0.1, 0.15) is 0 Å². The van der Waals surface area contributed by atoms with Crippen LogP contribution < -0.4 is 24.8 Å². The molecule has 2 nitrogen and oxygen atoms in total. The van der Waals surface area contributed by atoms with E-state index in [-0.39, 0.29) is 51.0 Å². The van der Waals surface area contributed by atoms with Crippen molar-refractivity contribution in [3.63, 3.8) is 0 Å². The summed E-state index contributed by atoms with van der Waals surface area (Å²) < 4.78 is 0. The number of rotatable bonds is 2. The van der Waals surface area contributed by atoms with Crippen LogP contribution in [-0.2, 0) is 26.2 Å². The molecule has 1 amide bonds. The van der Waals surface area contributed by atoms with Crippen LogP contribution in [0.4, 0.5) is 0 Å². The van der Waals surface area contributed by atoms with Crippen molar-refractivity contribution < 1.29 is 55.8 Å². The van der Waals surface area contributed by atoms with Crippen LogP contribution in [0.5, 0.6) is 0 Å². The van der Waals surface area contributed by atoms with E-state index in [9.17, 15) is 4.79 Å². The Morgan fingerprint density at radius 2 is 1.71 bits per heavy atom. The summed E-state index contributed by atoms with van der Waals surface area (Å²) in [5.74, 6) is -0.296. The minimum atomic E-state index is -0.598. The first-order chi connectivity index (χ1) is 9.93. The zero-order valence-corrected chi connectivity index (χ0v) is 19.9.